The van der Waals surface area contributed by atoms with Crippen molar-refractivity contribution >= 4 is 11.3 Å². The van der Waals surface area contributed by atoms with Gasteiger partial charge in [0.15, 0.2) is 0 Å². The quantitative estimate of drug-likeness (QED) is 0.819. The Labute approximate surface area is 91.7 Å². The second-order valence-electron chi connectivity index (χ2n) is 3.26. The molecule has 78 valence electrons. The number of aromatic nitrogens is 1. The highest BCUT2D eigenvalue weighted by Gasteiger charge is 2.10. The molecule has 1 atom stereocenters. The van der Waals surface area contributed by atoms with Crippen LogP contribution in [-0.2, 0) is 0 Å². The van der Waals surface area contributed by atoms with Crippen molar-refractivity contribution in [2.75, 3.05) is 0 Å². The molecule has 1 aromatic carbocycles. The minimum absolute atomic E-state index is 0.212. The number of rotatable bonds is 2. The van der Waals surface area contributed by atoms with E-state index in [-0.39, 0.29) is 5.75 Å². The lowest BCUT2D eigenvalue weighted by atomic mass is 10.2. The molecular weight excluding hydrogens is 210 g/mol. The maximum absolute atomic E-state index is 9.62. The van der Waals surface area contributed by atoms with E-state index in [9.17, 15) is 10.2 Å². The van der Waals surface area contributed by atoms with E-state index < -0.39 is 6.10 Å². The molecule has 1 aromatic heterocycles. The predicted octanol–water partition coefficient (Wildman–Crippen LogP) is 2.57. The third-order valence-electron chi connectivity index (χ3n) is 2.07. The molecule has 0 amide bonds. The molecule has 3 nitrogen and oxygen atoms in total. The van der Waals surface area contributed by atoms with Crippen LogP contribution < -0.4 is 0 Å². The lowest BCUT2D eigenvalue weighted by molar-refractivity contribution is 0.203. The first-order valence-corrected chi connectivity index (χ1v) is 5.42. The van der Waals surface area contributed by atoms with Crippen LogP contribution in [0.1, 0.15) is 17.9 Å². The second kappa shape index (κ2) is 4.00. The molecule has 2 aromatic rings. The smallest absolute Gasteiger partial charge is 0.127 e. The summed E-state index contributed by atoms with van der Waals surface area (Å²) < 4.78 is 0. The zero-order valence-corrected chi connectivity index (χ0v) is 9.03. The van der Waals surface area contributed by atoms with E-state index >= 15 is 0 Å². The minimum atomic E-state index is -0.512. The number of phenols is 1. The molecule has 0 saturated heterocycles. The van der Waals surface area contributed by atoms with Gasteiger partial charge in [-0.15, -0.1) is 11.3 Å². The van der Waals surface area contributed by atoms with Crippen LogP contribution in [-0.4, -0.2) is 15.2 Å². The maximum Gasteiger partial charge on any atom is 0.127 e. The molecule has 2 rings (SSSR count). The number of thiazole rings is 1. The van der Waals surface area contributed by atoms with Crippen LogP contribution in [0.3, 0.4) is 0 Å². The van der Waals surface area contributed by atoms with E-state index in [4.69, 9.17) is 0 Å². The van der Waals surface area contributed by atoms with Gasteiger partial charge in [-0.2, -0.15) is 0 Å². The number of phenolic OH excluding ortho intramolecular Hbond substituents is 1. The fourth-order valence-electron chi connectivity index (χ4n) is 1.26. The molecule has 0 fully saturated rings. The molecular formula is C11H11NO2S. The van der Waals surface area contributed by atoms with Gasteiger partial charge >= 0.3 is 0 Å². The Bertz CT molecular complexity index is 465. The number of aliphatic hydroxyl groups excluding tert-OH is 1. The Morgan fingerprint density at radius 2 is 2.07 bits per heavy atom. The summed E-state index contributed by atoms with van der Waals surface area (Å²) in [4.78, 5) is 4.97. The van der Waals surface area contributed by atoms with Crippen molar-refractivity contribution in [3.8, 4) is 16.3 Å². The number of aliphatic hydroxyl groups is 1. The van der Waals surface area contributed by atoms with Crippen LogP contribution in [0.5, 0.6) is 5.75 Å². The Morgan fingerprint density at radius 1 is 1.33 bits per heavy atom. The Morgan fingerprint density at radius 3 is 2.67 bits per heavy atom. The van der Waals surface area contributed by atoms with Crippen LogP contribution in [0.2, 0.25) is 0 Å². The summed E-state index contributed by atoms with van der Waals surface area (Å²) in [5.41, 5.74) is 0.703. The van der Waals surface area contributed by atoms with Crippen molar-refractivity contribution in [1.82, 2.24) is 4.98 Å². The van der Waals surface area contributed by atoms with E-state index in [0.29, 0.717) is 5.56 Å². The van der Waals surface area contributed by atoms with Gasteiger partial charge in [0, 0.05) is 6.20 Å². The van der Waals surface area contributed by atoms with Crippen LogP contribution in [0.4, 0.5) is 0 Å². The second-order valence-corrected chi connectivity index (χ2v) is 4.32. The monoisotopic (exact) mass is 221 g/mol. The van der Waals surface area contributed by atoms with Crippen molar-refractivity contribution in [2.45, 2.75) is 13.0 Å². The molecule has 0 aliphatic rings. The number of para-hydroxylation sites is 1. The third kappa shape index (κ3) is 2.00. The first kappa shape index (κ1) is 10.1. The number of hydrogen-bond acceptors (Lipinski definition) is 4. The standard InChI is InChI=1S/C11H11NO2S/c1-7(13)10-6-12-11(15-10)8-4-2-3-5-9(8)14/h2-7,13-14H,1H3. The highest BCUT2D eigenvalue weighted by molar-refractivity contribution is 7.15. The predicted molar refractivity (Wildman–Crippen MR) is 59.8 cm³/mol. The van der Waals surface area contributed by atoms with Crippen LogP contribution in [0.25, 0.3) is 10.6 Å². The molecule has 4 heteroatoms. The van der Waals surface area contributed by atoms with E-state index in [2.05, 4.69) is 4.98 Å². The van der Waals surface area contributed by atoms with Crippen LogP contribution in [0.15, 0.2) is 30.5 Å². The highest BCUT2D eigenvalue weighted by atomic mass is 32.1. The Kier molecular flexibility index (Phi) is 2.70. The molecule has 0 bridgehead atoms. The summed E-state index contributed by atoms with van der Waals surface area (Å²) in [5.74, 6) is 0.212. The van der Waals surface area contributed by atoms with Gasteiger partial charge in [-0.3, -0.25) is 0 Å². The van der Waals surface area contributed by atoms with Gasteiger partial charge < -0.3 is 10.2 Å². The molecule has 2 N–H and O–H groups in total. The van der Waals surface area contributed by atoms with Gasteiger partial charge in [-0.25, -0.2) is 4.98 Å². The number of benzene rings is 1. The lowest BCUT2D eigenvalue weighted by Crippen LogP contribution is -1.83. The molecule has 0 spiro atoms. The Hall–Kier alpha value is -1.39. The van der Waals surface area contributed by atoms with Crippen molar-refractivity contribution in [1.29, 1.82) is 0 Å². The van der Waals surface area contributed by atoms with Crippen molar-refractivity contribution < 1.29 is 10.2 Å². The Balaban J connectivity index is 2.42. The molecule has 0 aliphatic heterocycles. The minimum Gasteiger partial charge on any atom is -0.507 e. The van der Waals surface area contributed by atoms with Gasteiger partial charge in [0.2, 0.25) is 0 Å². The van der Waals surface area contributed by atoms with Crippen LogP contribution >= 0.6 is 11.3 Å². The average Bonchev–Trinajstić information content (AvgIpc) is 2.67. The summed E-state index contributed by atoms with van der Waals surface area (Å²) in [5, 5.41) is 19.7. The largest absolute Gasteiger partial charge is 0.507 e. The molecule has 15 heavy (non-hydrogen) atoms. The molecule has 1 unspecified atom stereocenters. The summed E-state index contributed by atoms with van der Waals surface area (Å²) in [6.45, 7) is 1.70. The summed E-state index contributed by atoms with van der Waals surface area (Å²) >= 11 is 1.39. The van der Waals surface area contributed by atoms with Gasteiger partial charge in [0.25, 0.3) is 0 Å². The van der Waals surface area contributed by atoms with E-state index in [1.54, 1.807) is 31.3 Å². The normalized spacial score (nSPS) is 12.7. The number of hydrogen-bond donors (Lipinski definition) is 2. The van der Waals surface area contributed by atoms with Gasteiger partial charge in [0.1, 0.15) is 10.8 Å². The third-order valence-corrected chi connectivity index (χ3v) is 3.27. The first-order chi connectivity index (χ1) is 7.18. The van der Waals surface area contributed by atoms with Crippen molar-refractivity contribution in [2.24, 2.45) is 0 Å². The summed E-state index contributed by atoms with van der Waals surface area (Å²) in [6, 6.07) is 7.04. The van der Waals surface area contributed by atoms with Gasteiger partial charge in [-0.1, -0.05) is 12.1 Å². The van der Waals surface area contributed by atoms with E-state index in [0.717, 1.165) is 9.88 Å². The summed E-state index contributed by atoms with van der Waals surface area (Å²) in [6.07, 6.45) is 1.12. The zero-order chi connectivity index (χ0) is 10.8. The zero-order valence-electron chi connectivity index (χ0n) is 8.21. The van der Waals surface area contributed by atoms with Crippen molar-refractivity contribution in [3.63, 3.8) is 0 Å². The number of nitrogens with zero attached hydrogens (tertiary/aromatic N) is 1. The van der Waals surface area contributed by atoms with Gasteiger partial charge in [-0.05, 0) is 19.1 Å². The van der Waals surface area contributed by atoms with Crippen LogP contribution in [0, 0.1) is 0 Å². The molecule has 0 radical (unpaired) electrons. The first-order valence-electron chi connectivity index (χ1n) is 4.60. The molecule has 0 aliphatic carbocycles. The average molecular weight is 221 g/mol. The van der Waals surface area contributed by atoms with Crippen molar-refractivity contribution in [3.05, 3.63) is 35.3 Å². The molecule has 1 heterocycles. The van der Waals surface area contributed by atoms with E-state index in [1.807, 2.05) is 6.07 Å². The number of aromatic hydroxyl groups is 1. The SMILES string of the molecule is CC(O)c1cnc(-c2ccccc2O)s1. The maximum atomic E-state index is 9.62. The fourth-order valence-corrected chi connectivity index (χ4v) is 2.15. The van der Waals surface area contributed by atoms with E-state index in [1.165, 1.54) is 11.3 Å². The van der Waals surface area contributed by atoms with Gasteiger partial charge in [0.05, 0.1) is 16.5 Å². The fraction of sp³-hybridized carbons (Fsp3) is 0.182. The topological polar surface area (TPSA) is 53.4 Å². The molecule has 0 saturated carbocycles. The lowest BCUT2D eigenvalue weighted by Gasteiger charge is -1.99. The summed E-state index contributed by atoms with van der Waals surface area (Å²) in [7, 11) is 0. The highest BCUT2D eigenvalue weighted by Crippen LogP contribution is 2.33.